The van der Waals surface area contributed by atoms with Crippen molar-refractivity contribution in [3.05, 3.63) is 29.3 Å². The van der Waals surface area contributed by atoms with E-state index in [1.165, 1.54) is 0 Å². The zero-order valence-electron chi connectivity index (χ0n) is 15.3. The topological polar surface area (TPSA) is 67.8 Å². The zero-order valence-corrected chi connectivity index (χ0v) is 15.3. The van der Waals surface area contributed by atoms with Crippen molar-refractivity contribution in [1.29, 1.82) is 0 Å². The normalized spacial score (nSPS) is 13.3. The third-order valence-corrected chi connectivity index (χ3v) is 2.88. The van der Waals surface area contributed by atoms with Crippen LogP contribution in [-0.2, 0) is 4.74 Å². The molecule has 2 unspecified atom stereocenters. The molecule has 1 aromatic rings. The van der Waals surface area contributed by atoms with Crippen LogP contribution in [0.25, 0.3) is 0 Å². The van der Waals surface area contributed by atoms with Crippen molar-refractivity contribution >= 4 is 6.09 Å². The van der Waals surface area contributed by atoms with Crippen LogP contribution in [-0.4, -0.2) is 35.6 Å². The second-order valence-electron chi connectivity index (χ2n) is 6.75. The number of alkyl carbamates (subject to hydrolysis) is 1. The number of aliphatic hydroxyl groups is 1. The predicted octanol–water partition coefficient (Wildman–Crippen LogP) is 3.02. The fourth-order valence-corrected chi connectivity index (χ4v) is 1.79. The number of aliphatic hydroxyl groups excluding tert-OH is 1. The summed E-state index contributed by atoms with van der Waals surface area (Å²) in [5.74, 6) is 6.59. The number of rotatable bonds is 4. The molecule has 0 fully saturated rings. The summed E-state index contributed by atoms with van der Waals surface area (Å²) < 4.78 is 10.9. The lowest BCUT2D eigenvalue weighted by Crippen LogP contribution is -2.37. The van der Waals surface area contributed by atoms with Gasteiger partial charge >= 0.3 is 6.09 Å². The monoisotopic (exact) mass is 333 g/mol. The Kier molecular flexibility index (Phi) is 7.12. The van der Waals surface area contributed by atoms with Crippen LogP contribution in [0.2, 0.25) is 0 Å². The molecule has 0 aromatic heterocycles. The van der Waals surface area contributed by atoms with Gasteiger partial charge in [0.1, 0.15) is 17.5 Å². The maximum Gasteiger partial charge on any atom is 0.408 e. The highest BCUT2D eigenvalue weighted by Crippen LogP contribution is 2.20. The second kappa shape index (κ2) is 8.60. The van der Waals surface area contributed by atoms with Gasteiger partial charge in [-0.1, -0.05) is 17.9 Å². The van der Waals surface area contributed by atoms with E-state index in [4.69, 9.17) is 14.6 Å². The van der Waals surface area contributed by atoms with Gasteiger partial charge in [0.05, 0.1) is 18.2 Å². The van der Waals surface area contributed by atoms with E-state index in [9.17, 15) is 4.79 Å². The number of aryl methyl sites for hydroxylation is 1. The first kappa shape index (κ1) is 19.9. The van der Waals surface area contributed by atoms with E-state index in [2.05, 4.69) is 17.2 Å². The Morgan fingerprint density at radius 3 is 2.58 bits per heavy atom. The predicted molar refractivity (Wildman–Crippen MR) is 94.1 cm³/mol. The van der Waals surface area contributed by atoms with Crippen molar-refractivity contribution in [3.8, 4) is 17.6 Å². The number of hydrogen-bond acceptors (Lipinski definition) is 4. The molecule has 2 atom stereocenters. The summed E-state index contributed by atoms with van der Waals surface area (Å²) in [4.78, 5) is 11.7. The maximum absolute atomic E-state index is 11.7. The second-order valence-corrected chi connectivity index (χ2v) is 6.75. The van der Waals surface area contributed by atoms with Crippen LogP contribution in [0.5, 0.6) is 5.75 Å². The smallest absolute Gasteiger partial charge is 0.408 e. The molecule has 24 heavy (non-hydrogen) atoms. The molecule has 0 aliphatic carbocycles. The van der Waals surface area contributed by atoms with Gasteiger partial charge in [0.15, 0.2) is 0 Å². The number of nitrogens with one attached hydrogen (secondary N) is 1. The van der Waals surface area contributed by atoms with Crippen molar-refractivity contribution < 1.29 is 19.4 Å². The van der Waals surface area contributed by atoms with E-state index in [0.29, 0.717) is 11.3 Å². The SMILES string of the molecule is Cc1ccc(C#CC(C)NC(=O)OC(C)(C)C)c(OC(C)CO)c1. The van der Waals surface area contributed by atoms with E-state index in [0.717, 1.165) is 5.56 Å². The molecule has 0 spiro atoms. The number of ether oxygens (including phenoxy) is 2. The highest BCUT2D eigenvalue weighted by atomic mass is 16.6. The van der Waals surface area contributed by atoms with Crippen LogP contribution in [0.1, 0.15) is 45.7 Å². The first-order valence-electron chi connectivity index (χ1n) is 8.00. The molecule has 1 rings (SSSR count). The van der Waals surface area contributed by atoms with Gasteiger partial charge in [-0.2, -0.15) is 0 Å². The van der Waals surface area contributed by atoms with Crippen LogP contribution in [0, 0.1) is 18.8 Å². The zero-order chi connectivity index (χ0) is 18.3. The molecule has 0 saturated carbocycles. The minimum absolute atomic E-state index is 0.0720. The Morgan fingerprint density at radius 2 is 2.00 bits per heavy atom. The van der Waals surface area contributed by atoms with Crippen molar-refractivity contribution in [1.82, 2.24) is 5.32 Å². The van der Waals surface area contributed by atoms with Gasteiger partial charge in [0, 0.05) is 0 Å². The summed E-state index contributed by atoms with van der Waals surface area (Å²) >= 11 is 0. The third-order valence-electron chi connectivity index (χ3n) is 2.88. The summed E-state index contributed by atoms with van der Waals surface area (Å²) in [5.41, 5.74) is 1.20. The van der Waals surface area contributed by atoms with E-state index < -0.39 is 11.7 Å². The van der Waals surface area contributed by atoms with Crippen molar-refractivity contribution in [2.75, 3.05) is 6.61 Å². The molecule has 2 N–H and O–H groups in total. The highest BCUT2D eigenvalue weighted by molar-refractivity contribution is 5.68. The first-order valence-corrected chi connectivity index (χ1v) is 8.00. The fourth-order valence-electron chi connectivity index (χ4n) is 1.79. The molecular formula is C19H27NO4. The molecule has 0 heterocycles. The summed E-state index contributed by atoms with van der Waals surface area (Å²) in [5, 5.41) is 11.8. The van der Waals surface area contributed by atoms with Crippen molar-refractivity contribution in [2.45, 2.75) is 59.3 Å². The molecule has 132 valence electrons. The Morgan fingerprint density at radius 1 is 1.33 bits per heavy atom. The van der Waals surface area contributed by atoms with Crippen LogP contribution >= 0.6 is 0 Å². The standard InChI is InChI=1S/C19H27NO4/c1-13-7-9-16(17(11-13)23-15(3)12-21)10-8-14(2)20-18(22)24-19(4,5)6/h7,9,11,14-15,21H,12H2,1-6H3,(H,20,22). The number of amides is 1. The highest BCUT2D eigenvalue weighted by Gasteiger charge is 2.17. The van der Waals surface area contributed by atoms with Gasteiger partial charge in [-0.05, 0) is 59.2 Å². The van der Waals surface area contributed by atoms with Gasteiger partial charge in [-0.3, -0.25) is 0 Å². The summed E-state index contributed by atoms with van der Waals surface area (Å²) in [7, 11) is 0. The van der Waals surface area contributed by atoms with E-state index in [-0.39, 0.29) is 18.8 Å². The van der Waals surface area contributed by atoms with Crippen LogP contribution in [0.4, 0.5) is 4.79 Å². The van der Waals surface area contributed by atoms with Crippen molar-refractivity contribution in [3.63, 3.8) is 0 Å². The Balaban J connectivity index is 2.82. The lowest BCUT2D eigenvalue weighted by molar-refractivity contribution is 0.0519. The molecule has 0 aliphatic rings. The quantitative estimate of drug-likeness (QED) is 0.831. The lowest BCUT2D eigenvalue weighted by Gasteiger charge is -2.20. The molecule has 0 aliphatic heterocycles. The number of carbonyl (C=O) groups excluding carboxylic acids is 1. The molecule has 0 radical (unpaired) electrons. The van der Waals surface area contributed by atoms with E-state index >= 15 is 0 Å². The average Bonchev–Trinajstić information content (AvgIpc) is 2.44. The van der Waals surface area contributed by atoms with Gasteiger partial charge in [0.25, 0.3) is 0 Å². The number of benzene rings is 1. The molecule has 1 aromatic carbocycles. The van der Waals surface area contributed by atoms with Gasteiger partial charge in [0.2, 0.25) is 0 Å². The maximum atomic E-state index is 11.7. The Labute approximate surface area is 144 Å². The minimum Gasteiger partial charge on any atom is -0.487 e. The van der Waals surface area contributed by atoms with E-state index in [1.807, 2.05) is 25.1 Å². The molecule has 5 nitrogen and oxygen atoms in total. The first-order chi connectivity index (χ1) is 11.1. The van der Waals surface area contributed by atoms with Gasteiger partial charge in [-0.25, -0.2) is 4.79 Å². The Hall–Kier alpha value is -2.19. The van der Waals surface area contributed by atoms with Gasteiger partial charge in [-0.15, -0.1) is 0 Å². The molecule has 5 heteroatoms. The third kappa shape index (κ3) is 7.38. The Bertz CT molecular complexity index is 622. The van der Waals surface area contributed by atoms with Crippen LogP contribution in [0.15, 0.2) is 18.2 Å². The summed E-state index contributed by atoms with van der Waals surface area (Å²) in [6.45, 7) is 10.9. The van der Waals surface area contributed by atoms with Gasteiger partial charge < -0.3 is 19.9 Å². The van der Waals surface area contributed by atoms with Crippen molar-refractivity contribution in [2.24, 2.45) is 0 Å². The largest absolute Gasteiger partial charge is 0.487 e. The molecular weight excluding hydrogens is 306 g/mol. The molecule has 0 saturated heterocycles. The number of hydrogen-bond donors (Lipinski definition) is 2. The minimum atomic E-state index is -0.546. The van der Waals surface area contributed by atoms with E-state index in [1.54, 1.807) is 34.6 Å². The molecule has 0 bridgehead atoms. The lowest BCUT2D eigenvalue weighted by atomic mass is 10.1. The number of carbonyl (C=O) groups is 1. The fraction of sp³-hybridized carbons (Fsp3) is 0.526. The summed E-state index contributed by atoms with van der Waals surface area (Å²) in [6, 6.07) is 5.31. The van der Waals surface area contributed by atoms with Crippen LogP contribution in [0.3, 0.4) is 0 Å². The van der Waals surface area contributed by atoms with Crippen LogP contribution < -0.4 is 10.1 Å². The summed E-state index contributed by atoms with van der Waals surface area (Å²) in [6.07, 6.45) is -0.816. The average molecular weight is 333 g/mol. The molecule has 1 amide bonds.